The third-order valence-corrected chi connectivity index (χ3v) is 4.41. The summed E-state index contributed by atoms with van der Waals surface area (Å²) < 4.78 is 0. The van der Waals surface area contributed by atoms with Gasteiger partial charge in [-0.3, -0.25) is 4.79 Å². The Labute approximate surface area is 127 Å². The van der Waals surface area contributed by atoms with Gasteiger partial charge in [0.25, 0.3) is 0 Å². The van der Waals surface area contributed by atoms with E-state index in [1.807, 2.05) is 11.4 Å². The molecule has 1 unspecified atom stereocenters. The number of hydrogen-bond donors (Lipinski definition) is 1. The van der Waals surface area contributed by atoms with E-state index in [9.17, 15) is 4.79 Å². The highest BCUT2D eigenvalue weighted by Crippen LogP contribution is 2.34. The van der Waals surface area contributed by atoms with Crippen molar-refractivity contribution in [2.24, 2.45) is 0 Å². The molecule has 2 rings (SSSR count). The van der Waals surface area contributed by atoms with Crippen molar-refractivity contribution in [1.82, 2.24) is 4.98 Å². The van der Waals surface area contributed by atoms with Crippen LogP contribution in [0.2, 0.25) is 5.02 Å². The first-order chi connectivity index (χ1) is 9.40. The minimum absolute atomic E-state index is 0.380. The summed E-state index contributed by atoms with van der Waals surface area (Å²) in [6.45, 7) is 5.84. The maximum absolute atomic E-state index is 11.0. The van der Waals surface area contributed by atoms with E-state index < -0.39 is 11.9 Å². The number of benzene rings is 1. The molecule has 0 aliphatic heterocycles. The molecule has 0 radical (unpaired) electrons. The van der Waals surface area contributed by atoms with E-state index in [1.54, 1.807) is 30.4 Å². The van der Waals surface area contributed by atoms with Gasteiger partial charge in [0.1, 0.15) is 5.01 Å². The van der Waals surface area contributed by atoms with Crippen molar-refractivity contribution in [3.63, 3.8) is 0 Å². The zero-order chi connectivity index (χ0) is 14.9. The minimum atomic E-state index is -0.856. The lowest BCUT2D eigenvalue weighted by atomic mass is 10.00. The van der Waals surface area contributed by atoms with Crippen LogP contribution in [0, 0.1) is 0 Å². The van der Waals surface area contributed by atoms with Crippen molar-refractivity contribution in [2.45, 2.75) is 32.6 Å². The predicted molar refractivity (Wildman–Crippen MR) is 82.7 cm³/mol. The zero-order valence-corrected chi connectivity index (χ0v) is 13.1. The average molecular weight is 310 g/mol. The van der Waals surface area contributed by atoms with Crippen LogP contribution < -0.4 is 0 Å². The van der Waals surface area contributed by atoms with Crippen molar-refractivity contribution in [3.05, 3.63) is 39.9 Å². The number of nitrogens with zero attached hydrogens (tertiary/aromatic N) is 1. The van der Waals surface area contributed by atoms with Crippen molar-refractivity contribution >= 4 is 28.9 Å². The summed E-state index contributed by atoms with van der Waals surface area (Å²) in [5.41, 5.74) is 2.60. The summed E-state index contributed by atoms with van der Waals surface area (Å²) in [6.07, 6.45) is 0. The molecule has 0 saturated carbocycles. The van der Waals surface area contributed by atoms with Gasteiger partial charge >= 0.3 is 5.97 Å². The molecule has 1 aromatic carbocycles. The number of carboxylic acids is 1. The maximum Gasteiger partial charge on any atom is 0.310 e. The smallest absolute Gasteiger partial charge is 0.310 e. The van der Waals surface area contributed by atoms with Crippen molar-refractivity contribution in [1.29, 1.82) is 0 Å². The number of aliphatic carboxylic acids is 1. The van der Waals surface area contributed by atoms with Crippen LogP contribution >= 0.6 is 22.9 Å². The number of hydrogen-bond acceptors (Lipinski definition) is 3. The SMILES string of the molecule is CC(C)c1csc(-c2ccc(C(C)C(=O)O)cc2Cl)n1. The molecule has 1 aromatic heterocycles. The van der Waals surface area contributed by atoms with Gasteiger partial charge in [0.2, 0.25) is 0 Å². The summed E-state index contributed by atoms with van der Waals surface area (Å²) >= 11 is 7.83. The Morgan fingerprint density at radius 3 is 2.55 bits per heavy atom. The molecule has 106 valence electrons. The molecule has 0 aliphatic rings. The molecule has 0 amide bonds. The van der Waals surface area contributed by atoms with Gasteiger partial charge in [0, 0.05) is 10.9 Å². The van der Waals surface area contributed by atoms with Crippen LogP contribution in [0.4, 0.5) is 0 Å². The molecular weight excluding hydrogens is 294 g/mol. The first-order valence-electron chi connectivity index (χ1n) is 6.38. The van der Waals surface area contributed by atoms with Crippen LogP contribution in [0.1, 0.15) is 43.9 Å². The standard InChI is InChI=1S/C15H16ClNO2S/c1-8(2)13-7-20-14(17-13)11-5-4-10(6-12(11)16)9(3)15(18)19/h4-9H,1-3H3,(H,18,19). The second-order valence-corrected chi connectivity index (χ2v) is 6.30. The van der Waals surface area contributed by atoms with Crippen LogP contribution in [-0.2, 0) is 4.79 Å². The predicted octanol–water partition coefficient (Wildman–Crippen LogP) is 4.78. The molecule has 2 aromatic rings. The van der Waals surface area contributed by atoms with Crippen LogP contribution in [-0.4, -0.2) is 16.1 Å². The van der Waals surface area contributed by atoms with E-state index in [4.69, 9.17) is 16.7 Å². The van der Waals surface area contributed by atoms with Crippen molar-refractivity contribution in [2.75, 3.05) is 0 Å². The fourth-order valence-electron chi connectivity index (χ4n) is 1.79. The van der Waals surface area contributed by atoms with E-state index in [1.165, 1.54) is 0 Å². The van der Waals surface area contributed by atoms with Gasteiger partial charge in [-0.15, -0.1) is 11.3 Å². The van der Waals surface area contributed by atoms with E-state index in [0.717, 1.165) is 16.3 Å². The second kappa shape index (κ2) is 5.94. The normalized spacial score (nSPS) is 12.7. The fourth-order valence-corrected chi connectivity index (χ4v) is 3.15. The van der Waals surface area contributed by atoms with Crippen LogP contribution in [0.3, 0.4) is 0 Å². The molecule has 0 bridgehead atoms. The number of carboxylic acid groups (broad SMARTS) is 1. The van der Waals surface area contributed by atoms with Gasteiger partial charge < -0.3 is 5.11 Å². The molecular formula is C15H16ClNO2S. The monoisotopic (exact) mass is 309 g/mol. The van der Waals surface area contributed by atoms with Gasteiger partial charge in [0.05, 0.1) is 16.6 Å². The molecule has 0 fully saturated rings. The topological polar surface area (TPSA) is 50.2 Å². The lowest BCUT2D eigenvalue weighted by molar-refractivity contribution is -0.138. The molecule has 1 N–H and O–H groups in total. The molecule has 0 spiro atoms. The molecule has 0 saturated heterocycles. The Kier molecular flexibility index (Phi) is 4.45. The first-order valence-corrected chi connectivity index (χ1v) is 7.64. The first kappa shape index (κ1) is 15.0. The van der Waals surface area contributed by atoms with Crippen LogP contribution in [0.25, 0.3) is 10.6 Å². The molecule has 1 atom stereocenters. The van der Waals surface area contributed by atoms with Crippen LogP contribution in [0.5, 0.6) is 0 Å². The van der Waals surface area contributed by atoms with Gasteiger partial charge in [-0.25, -0.2) is 4.98 Å². The fraction of sp³-hybridized carbons (Fsp3) is 0.333. The maximum atomic E-state index is 11.0. The second-order valence-electron chi connectivity index (χ2n) is 5.03. The van der Waals surface area contributed by atoms with Crippen LogP contribution in [0.15, 0.2) is 23.6 Å². The summed E-state index contributed by atoms with van der Waals surface area (Å²) in [4.78, 5) is 15.6. The Morgan fingerprint density at radius 2 is 2.05 bits per heavy atom. The summed E-state index contributed by atoms with van der Waals surface area (Å²) in [5, 5.41) is 12.5. The lowest BCUT2D eigenvalue weighted by Gasteiger charge is -2.09. The Morgan fingerprint density at radius 1 is 1.35 bits per heavy atom. The molecule has 20 heavy (non-hydrogen) atoms. The van der Waals surface area contributed by atoms with E-state index >= 15 is 0 Å². The third kappa shape index (κ3) is 3.02. The summed E-state index contributed by atoms with van der Waals surface area (Å²) in [7, 11) is 0. The summed E-state index contributed by atoms with van der Waals surface area (Å²) in [5.74, 6) is -1.04. The number of aromatic nitrogens is 1. The van der Waals surface area contributed by atoms with Gasteiger partial charge in [-0.1, -0.05) is 37.6 Å². The molecule has 1 heterocycles. The average Bonchev–Trinajstić information content (AvgIpc) is 2.87. The van der Waals surface area contributed by atoms with Crippen molar-refractivity contribution < 1.29 is 9.90 Å². The largest absolute Gasteiger partial charge is 0.481 e. The molecule has 3 nitrogen and oxygen atoms in total. The Hall–Kier alpha value is -1.39. The lowest BCUT2D eigenvalue weighted by Crippen LogP contribution is -2.07. The molecule has 0 aliphatic carbocycles. The molecule has 5 heteroatoms. The van der Waals surface area contributed by atoms with E-state index in [-0.39, 0.29) is 0 Å². The zero-order valence-electron chi connectivity index (χ0n) is 11.6. The Bertz CT molecular complexity index is 637. The highest BCUT2D eigenvalue weighted by molar-refractivity contribution is 7.13. The van der Waals surface area contributed by atoms with Gasteiger partial charge in [-0.2, -0.15) is 0 Å². The number of thiazole rings is 1. The van der Waals surface area contributed by atoms with Crippen molar-refractivity contribution in [3.8, 4) is 10.6 Å². The quantitative estimate of drug-likeness (QED) is 0.884. The Balaban J connectivity index is 2.36. The number of rotatable bonds is 4. The number of carbonyl (C=O) groups is 1. The minimum Gasteiger partial charge on any atom is -0.481 e. The number of halogens is 1. The summed E-state index contributed by atoms with van der Waals surface area (Å²) in [6, 6.07) is 5.36. The van der Waals surface area contributed by atoms with Gasteiger partial charge in [-0.05, 0) is 24.5 Å². The van der Waals surface area contributed by atoms with Gasteiger partial charge in [0.15, 0.2) is 0 Å². The third-order valence-electron chi connectivity index (χ3n) is 3.21. The highest BCUT2D eigenvalue weighted by Gasteiger charge is 2.16. The van der Waals surface area contributed by atoms with E-state index in [0.29, 0.717) is 16.5 Å². The highest BCUT2D eigenvalue weighted by atomic mass is 35.5. The van der Waals surface area contributed by atoms with E-state index in [2.05, 4.69) is 18.8 Å².